The topological polar surface area (TPSA) is 61.9 Å². The molecular formula is C18H19FN4O2. The molecule has 1 aromatic carbocycles. The van der Waals surface area contributed by atoms with Gasteiger partial charge in [0.25, 0.3) is 0 Å². The third kappa shape index (κ3) is 3.60. The van der Waals surface area contributed by atoms with Gasteiger partial charge in [0, 0.05) is 30.1 Å². The Labute approximate surface area is 144 Å². The number of hydrogen-bond acceptors (Lipinski definition) is 4. The van der Waals surface area contributed by atoms with Crippen LogP contribution in [0.25, 0.3) is 16.8 Å². The largest absolute Gasteiger partial charge is 0.461 e. The minimum Gasteiger partial charge on any atom is -0.461 e. The van der Waals surface area contributed by atoms with Gasteiger partial charge in [0.1, 0.15) is 5.82 Å². The molecule has 0 aliphatic carbocycles. The van der Waals surface area contributed by atoms with E-state index in [1.54, 1.807) is 31.5 Å². The summed E-state index contributed by atoms with van der Waals surface area (Å²) in [5, 5.41) is 8.64. The lowest BCUT2D eigenvalue weighted by molar-refractivity contribution is 0.0520. The predicted octanol–water partition coefficient (Wildman–Crippen LogP) is 3.46. The average molecular weight is 342 g/mol. The van der Waals surface area contributed by atoms with E-state index in [0.29, 0.717) is 11.3 Å². The SMILES string of the molecule is CCCn1cc(-c2cn(-c3ccc(F)cc3)nc2C(=O)OCC)cn1. The van der Waals surface area contributed by atoms with Gasteiger partial charge in [-0.1, -0.05) is 6.92 Å². The molecule has 6 nitrogen and oxygen atoms in total. The van der Waals surface area contributed by atoms with Crippen LogP contribution in [0.4, 0.5) is 4.39 Å². The maximum absolute atomic E-state index is 13.1. The van der Waals surface area contributed by atoms with Gasteiger partial charge < -0.3 is 4.74 Å². The molecule has 0 spiro atoms. The Balaban J connectivity index is 2.04. The first-order chi connectivity index (χ1) is 12.1. The molecule has 7 heteroatoms. The van der Waals surface area contributed by atoms with Crippen molar-refractivity contribution in [1.29, 1.82) is 0 Å². The third-order valence-corrected chi connectivity index (χ3v) is 3.67. The molecule has 130 valence electrons. The Morgan fingerprint density at radius 2 is 1.96 bits per heavy atom. The van der Waals surface area contributed by atoms with E-state index in [9.17, 15) is 9.18 Å². The van der Waals surface area contributed by atoms with Crippen molar-refractivity contribution in [3.63, 3.8) is 0 Å². The molecule has 0 saturated heterocycles. The Hall–Kier alpha value is -2.96. The summed E-state index contributed by atoms with van der Waals surface area (Å²) in [7, 11) is 0. The molecule has 0 bridgehead atoms. The molecule has 0 N–H and O–H groups in total. The van der Waals surface area contributed by atoms with Crippen LogP contribution in [-0.2, 0) is 11.3 Å². The average Bonchev–Trinajstić information content (AvgIpc) is 3.23. The fourth-order valence-corrected chi connectivity index (χ4v) is 2.52. The van der Waals surface area contributed by atoms with E-state index in [2.05, 4.69) is 17.1 Å². The molecular weight excluding hydrogens is 323 g/mol. The van der Waals surface area contributed by atoms with E-state index < -0.39 is 5.97 Å². The maximum atomic E-state index is 13.1. The number of aromatic nitrogens is 4. The molecule has 0 radical (unpaired) electrons. The van der Waals surface area contributed by atoms with Crippen LogP contribution in [0.15, 0.2) is 42.9 Å². The smallest absolute Gasteiger partial charge is 0.359 e. The van der Waals surface area contributed by atoms with Crippen LogP contribution in [0.3, 0.4) is 0 Å². The number of carbonyl (C=O) groups is 1. The van der Waals surface area contributed by atoms with Gasteiger partial charge in [-0.25, -0.2) is 13.9 Å². The molecule has 0 saturated carbocycles. The van der Waals surface area contributed by atoms with Crippen LogP contribution in [0.2, 0.25) is 0 Å². The highest BCUT2D eigenvalue weighted by molar-refractivity contribution is 5.95. The van der Waals surface area contributed by atoms with E-state index in [1.165, 1.54) is 16.8 Å². The van der Waals surface area contributed by atoms with Gasteiger partial charge in [0.15, 0.2) is 5.69 Å². The summed E-state index contributed by atoms with van der Waals surface area (Å²) < 4.78 is 21.6. The van der Waals surface area contributed by atoms with Crippen molar-refractivity contribution in [3.8, 4) is 16.8 Å². The number of benzene rings is 1. The van der Waals surface area contributed by atoms with E-state index >= 15 is 0 Å². The van der Waals surface area contributed by atoms with Crippen molar-refractivity contribution < 1.29 is 13.9 Å². The van der Waals surface area contributed by atoms with Crippen LogP contribution in [0, 0.1) is 5.82 Å². The second kappa shape index (κ2) is 7.29. The maximum Gasteiger partial charge on any atom is 0.359 e. The molecule has 2 aromatic heterocycles. The molecule has 3 aromatic rings. The molecule has 0 atom stereocenters. The Morgan fingerprint density at radius 3 is 2.64 bits per heavy atom. The summed E-state index contributed by atoms with van der Waals surface area (Å²) in [4.78, 5) is 12.3. The summed E-state index contributed by atoms with van der Waals surface area (Å²) in [5.74, 6) is -0.829. The molecule has 2 heterocycles. The molecule has 0 amide bonds. The molecule has 0 aliphatic rings. The Morgan fingerprint density at radius 1 is 1.20 bits per heavy atom. The summed E-state index contributed by atoms with van der Waals surface area (Å²) >= 11 is 0. The minimum absolute atomic E-state index is 0.210. The summed E-state index contributed by atoms with van der Waals surface area (Å²) in [6, 6.07) is 5.89. The fourth-order valence-electron chi connectivity index (χ4n) is 2.52. The number of ether oxygens (including phenoxy) is 1. The molecule has 3 rings (SSSR count). The number of rotatable bonds is 6. The number of nitrogens with zero attached hydrogens (tertiary/aromatic N) is 4. The van der Waals surface area contributed by atoms with Crippen LogP contribution >= 0.6 is 0 Å². The van der Waals surface area contributed by atoms with Gasteiger partial charge >= 0.3 is 5.97 Å². The van der Waals surface area contributed by atoms with Crippen LogP contribution in [0.5, 0.6) is 0 Å². The number of carbonyl (C=O) groups excluding carboxylic acids is 1. The minimum atomic E-state index is -0.499. The van der Waals surface area contributed by atoms with Gasteiger partial charge in [-0.05, 0) is 37.6 Å². The van der Waals surface area contributed by atoms with Crippen molar-refractivity contribution in [2.75, 3.05) is 6.61 Å². The van der Waals surface area contributed by atoms with Gasteiger partial charge in [-0.2, -0.15) is 10.2 Å². The van der Waals surface area contributed by atoms with Crippen molar-refractivity contribution in [2.45, 2.75) is 26.8 Å². The zero-order valence-electron chi connectivity index (χ0n) is 14.1. The van der Waals surface area contributed by atoms with Gasteiger partial charge in [-0.15, -0.1) is 0 Å². The van der Waals surface area contributed by atoms with Crippen LogP contribution < -0.4 is 0 Å². The lowest BCUT2D eigenvalue weighted by Gasteiger charge is -2.01. The van der Waals surface area contributed by atoms with E-state index in [1.807, 2.05) is 10.9 Å². The van der Waals surface area contributed by atoms with E-state index in [4.69, 9.17) is 4.74 Å². The zero-order valence-corrected chi connectivity index (χ0v) is 14.1. The Kier molecular flexibility index (Phi) is 4.92. The lowest BCUT2D eigenvalue weighted by atomic mass is 10.1. The molecule has 0 fully saturated rings. The van der Waals surface area contributed by atoms with Crippen LogP contribution in [0.1, 0.15) is 30.8 Å². The second-order valence-corrected chi connectivity index (χ2v) is 5.52. The van der Waals surface area contributed by atoms with Crippen LogP contribution in [-0.4, -0.2) is 32.1 Å². The lowest BCUT2D eigenvalue weighted by Crippen LogP contribution is -2.07. The highest BCUT2D eigenvalue weighted by Gasteiger charge is 2.21. The highest BCUT2D eigenvalue weighted by Crippen LogP contribution is 2.25. The number of aryl methyl sites for hydroxylation is 1. The van der Waals surface area contributed by atoms with Gasteiger partial charge in [0.2, 0.25) is 0 Å². The number of halogens is 1. The second-order valence-electron chi connectivity index (χ2n) is 5.52. The van der Waals surface area contributed by atoms with Crippen molar-refractivity contribution >= 4 is 5.97 Å². The van der Waals surface area contributed by atoms with Crippen molar-refractivity contribution in [2.24, 2.45) is 0 Å². The molecule has 0 aliphatic heterocycles. The normalized spacial score (nSPS) is 10.8. The zero-order chi connectivity index (χ0) is 17.8. The highest BCUT2D eigenvalue weighted by atomic mass is 19.1. The van der Waals surface area contributed by atoms with Crippen molar-refractivity contribution in [3.05, 3.63) is 54.4 Å². The first-order valence-corrected chi connectivity index (χ1v) is 8.18. The number of hydrogen-bond donors (Lipinski definition) is 0. The number of esters is 1. The molecule has 0 unspecified atom stereocenters. The summed E-state index contributed by atoms with van der Waals surface area (Å²) in [5.41, 5.74) is 2.27. The monoisotopic (exact) mass is 342 g/mol. The third-order valence-electron chi connectivity index (χ3n) is 3.67. The molecule has 25 heavy (non-hydrogen) atoms. The summed E-state index contributed by atoms with van der Waals surface area (Å²) in [6.07, 6.45) is 6.26. The standard InChI is InChI=1S/C18H19FN4O2/c1-3-9-22-11-13(10-20-22)16-12-23(15-7-5-14(19)6-8-15)21-17(16)18(24)25-4-2/h5-8,10-12H,3-4,9H2,1-2H3. The van der Waals surface area contributed by atoms with E-state index in [-0.39, 0.29) is 18.1 Å². The predicted molar refractivity (Wildman–Crippen MR) is 91.0 cm³/mol. The quantitative estimate of drug-likeness (QED) is 0.644. The van der Waals surface area contributed by atoms with E-state index in [0.717, 1.165) is 18.5 Å². The Bertz CT molecular complexity index is 868. The fraction of sp³-hybridized carbons (Fsp3) is 0.278. The van der Waals surface area contributed by atoms with Gasteiger partial charge in [0.05, 0.1) is 18.5 Å². The van der Waals surface area contributed by atoms with Crippen molar-refractivity contribution in [1.82, 2.24) is 19.6 Å². The van der Waals surface area contributed by atoms with Gasteiger partial charge in [-0.3, -0.25) is 4.68 Å². The first-order valence-electron chi connectivity index (χ1n) is 8.18. The first kappa shape index (κ1) is 16.9. The summed E-state index contributed by atoms with van der Waals surface area (Å²) in [6.45, 7) is 4.86.